The Morgan fingerprint density at radius 3 is 2.10 bits per heavy atom. The summed E-state index contributed by atoms with van der Waals surface area (Å²) in [6, 6.07) is 14.7. The van der Waals surface area contributed by atoms with Crippen LogP contribution in [-0.4, -0.2) is 17.7 Å². The fraction of sp³-hybridized carbons (Fsp3) is 0.375. The van der Waals surface area contributed by atoms with Gasteiger partial charge in [0, 0.05) is 18.5 Å². The van der Waals surface area contributed by atoms with Crippen LogP contribution in [0.3, 0.4) is 0 Å². The lowest BCUT2D eigenvalue weighted by atomic mass is 10.0. The molecule has 2 unspecified atom stereocenters. The van der Waals surface area contributed by atoms with Crippen LogP contribution in [-0.2, 0) is 14.4 Å². The normalized spacial score (nSPS) is 15.0. The van der Waals surface area contributed by atoms with E-state index in [0.717, 1.165) is 35.2 Å². The van der Waals surface area contributed by atoms with Crippen LogP contribution in [0.15, 0.2) is 48.5 Å². The van der Waals surface area contributed by atoms with Crippen LogP contribution >= 0.6 is 0 Å². The number of nitrogens with one attached hydrogen (secondary N) is 3. The Bertz CT molecular complexity index is 902. The molecule has 3 rings (SSSR count). The summed E-state index contributed by atoms with van der Waals surface area (Å²) in [6.07, 6.45) is 2.09. The van der Waals surface area contributed by atoms with Crippen molar-refractivity contribution in [1.29, 1.82) is 0 Å². The number of hydrogen-bond donors (Lipinski definition) is 3. The van der Waals surface area contributed by atoms with E-state index in [1.54, 1.807) is 0 Å². The molecule has 1 saturated carbocycles. The molecule has 1 aliphatic carbocycles. The zero-order chi connectivity index (χ0) is 21.7. The molecule has 0 aromatic heterocycles. The van der Waals surface area contributed by atoms with Gasteiger partial charge in [-0.15, -0.1) is 0 Å². The summed E-state index contributed by atoms with van der Waals surface area (Å²) in [7, 11) is 0. The van der Waals surface area contributed by atoms with E-state index < -0.39 is 0 Å². The molecule has 1 aliphatic rings. The minimum absolute atomic E-state index is 0.0734. The Hall–Kier alpha value is -3.15. The van der Waals surface area contributed by atoms with E-state index in [9.17, 15) is 14.4 Å². The van der Waals surface area contributed by atoms with Crippen molar-refractivity contribution >= 4 is 23.4 Å². The molecule has 3 N–H and O–H groups in total. The third-order valence-corrected chi connectivity index (χ3v) is 5.25. The van der Waals surface area contributed by atoms with Gasteiger partial charge in [0.2, 0.25) is 17.7 Å². The van der Waals surface area contributed by atoms with E-state index >= 15 is 0 Å². The molecular weight excluding hydrogens is 378 g/mol. The van der Waals surface area contributed by atoms with Crippen molar-refractivity contribution in [3.8, 4) is 0 Å². The van der Waals surface area contributed by atoms with Crippen molar-refractivity contribution in [1.82, 2.24) is 10.6 Å². The molecule has 2 aromatic rings. The Morgan fingerprint density at radius 2 is 1.53 bits per heavy atom. The minimum atomic E-state index is -0.379. The zero-order valence-electron chi connectivity index (χ0n) is 17.7. The van der Waals surface area contributed by atoms with E-state index in [-0.39, 0.29) is 42.1 Å². The quantitative estimate of drug-likeness (QED) is 0.622. The Kier molecular flexibility index (Phi) is 6.87. The van der Waals surface area contributed by atoms with Crippen molar-refractivity contribution in [2.45, 2.75) is 52.1 Å². The van der Waals surface area contributed by atoms with Crippen LogP contribution in [0, 0.1) is 12.8 Å². The second-order valence-corrected chi connectivity index (χ2v) is 8.04. The van der Waals surface area contributed by atoms with Gasteiger partial charge >= 0.3 is 0 Å². The smallest absolute Gasteiger partial charge is 0.227 e. The molecule has 2 atom stereocenters. The molecule has 0 bridgehead atoms. The summed E-state index contributed by atoms with van der Waals surface area (Å²) in [5.74, 6) is -0.0876. The minimum Gasteiger partial charge on any atom is -0.350 e. The van der Waals surface area contributed by atoms with Crippen LogP contribution in [0.2, 0.25) is 0 Å². The molecule has 158 valence electrons. The fourth-order valence-electron chi connectivity index (χ4n) is 3.31. The number of benzene rings is 2. The highest BCUT2D eigenvalue weighted by Crippen LogP contribution is 2.30. The summed E-state index contributed by atoms with van der Waals surface area (Å²) in [6.45, 7) is 5.36. The van der Waals surface area contributed by atoms with E-state index in [2.05, 4.69) is 16.0 Å². The van der Waals surface area contributed by atoms with E-state index in [4.69, 9.17) is 0 Å². The molecule has 3 amide bonds. The third kappa shape index (κ3) is 6.17. The first-order chi connectivity index (χ1) is 14.3. The average Bonchev–Trinajstić information content (AvgIpc) is 3.53. The molecule has 6 heteroatoms. The molecular formula is C24H29N3O3. The Morgan fingerprint density at radius 1 is 0.933 bits per heavy atom. The first-order valence-corrected chi connectivity index (χ1v) is 10.4. The molecule has 1 fully saturated rings. The fourth-order valence-corrected chi connectivity index (χ4v) is 3.31. The van der Waals surface area contributed by atoms with Crippen LogP contribution in [0.1, 0.15) is 61.9 Å². The monoisotopic (exact) mass is 407 g/mol. The summed E-state index contributed by atoms with van der Waals surface area (Å²) < 4.78 is 0. The first kappa shape index (κ1) is 21.6. The maximum Gasteiger partial charge on any atom is 0.227 e. The number of anilines is 1. The van der Waals surface area contributed by atoms with E-state index in [0.29, 0.717) is 0 Å². The van der Waals surface area contributed by atoms with Crippen molar-refractivity contribution in [3.63, 3.8) is 0 Å². The summed E-state index contributed by atoms with van der Waals surface area (Å²) in [4.78, 5) is 36.1. The zero-order valence-corrected chi connectivity index (χ0v) is 17.7. The molecule has 6 nitrogen and oxygen atoms in total. The van der Waals surface area contributed by atoms with Gasteiger partial charge in [-0.05, 0) is 49.9 Å². The van der Waals surface area contributed by atoms with Crippen LogP contribution in [0.25, 0.3) is 0 Å². The van der Waals surface area contributed by atoms with Crippen molar-refractivity contribution in [2.75, 3.05) is 5.32 Å². The van der Waals surface area contributed by atoms with Crippen molar-refractivity contribution in [2.24, 2.45) is 5.92 Å². The number of amides is 3. The summed E-state index contributed by atoms with van der Waals surface area (Å²) in [5, 5.41) is 8.76. The van der Waals surface area contributed by atoms with Crippen LogP contribution in [0.4, 0.5) is 5.69 Å². The largest absolute Gasteiger partial charge is 0.350 e. The average molecular weight is 408 g/mol. The van der Waals surface area contributed by atoms with Crippen molar-refractivity contribution < 1.29 is 14.4 Å². The van der Waals surface area contributed by atoms with E-state index in [1.807, 2.05) is 62.4 Å². The number of rotatable bonds is 8. The molecule has 0 aliphatic heterocycles. The van der Waals surface area contributed by atoms with Crippen LogP contribution < -0.4 is 16.0 Å². The van der Waals surface area contributed by atoms with Gasteiger partial charge in [-0.3, -0.25) is 14.4 Å². The number of carbonyl (C=O) groups excluding carboxylic acids is 3. The number of hydrogen-bond acceptors (Lipinski definition) is 3. The summed E-state index contributed by atoms with van der Waals surface area (Å²) >= 11 is 0. The predicted octanol–water partition coefficient (Wildman–Crippen LogP) is 3.79. The first-order valence-electron chi connectivity index (χ1n) is 10.4. The van der Waals surface area contributed by atoms with Crippen molar-refractivity contribution in [3.05, 3.63) is 65.2 Å². The highest BCUT2D eigenvalue weighted by Gasteiger charge is 2.29. The number of aryl methyl sites for hydroxylation is 1. The highest BCUT2D eigenvalue weighted by atomic mass is 16.2. The van der Waals surface area contributed by atoms with Gasteiger partial charge in [0.1, 0.15) is 0 Å². The van der Waals surface area contributed by atoms with E-state index in [1.165, 1.54) is 6.92 Å². The third-order valence-electron chi connectivity index (χ3n) is 5.25. The van der Waals surface area contributed by atoms with Gasteiger partial charge in [-0.2, -0.15) is 0 Å². The van der Waals surface area contributed by atoms with Gasteiger partial charge in [0.25, 0.3) is 0 Å². The highest BCUT2D eigenvalue weighted by molar-refractivity contribution is 5.94. The Balaban J connectivity index is 1.58. The molecule has 0 radical (unpaired) electrons. The van der Waals surface area contributed by atoms with Gasteiger partial charge in [-0.25, -0.2) is 0 Å². The van der Waals surface area contributed by atoms with Crippen LogP contribution in [0.5, 0.6) is 0 Å². The van der Waals surface area contributed by atoms with Gasteiger partial charge in [-0.1, -0.05) is 42.0 Å². The lowest BCUT2D eigenvalue weighted by molar-refractivity contribution is -0.123. The lowest BCUT2D eigenvalue weighted by Crippen LogP contribution is -2.33. The molecule has 30 heavy (non-hydrogen) atoms. The molecule has 0 spiro atoms. The Labute approximate surface area is 177 Å². The van der Waals surface area contributed by atoms with Gasteiger partial charge < -0.3 is 16.0 Å². The predicted molar refractivity (Wildman–Crippen MR) is 117 cm³/mol. The van der Waals surface area contributed by atoms with Gasteiger partial charge in [0.15, 0.2) is 0 Å². The summed E-state index contributed by atoms with van der Waals surface area (Å²) in [5.41, 5.74) is 3.72. The number of carbonyl (C=O) groups is 3. The van der Waals surface area contributed by atoms with Gasteiger partial charge in [0.05, 0.1) is 18.5 Å². The molecule has 2 aromatic carbocycles. The molecule has 0 heterocycles. The maximum atomic E-state index is 12.6. The standard InChI is InChI=1S/C24H29N3O3/c1-15-4-6-19(7-5-15)22(26-17(3)28)14-23(29)25-16(2)18-10-12-21(13-11-18)27-24(30)20-8-9-20/h4-7,10-13,16,20,22H,8-9,14H2,1-3H3,(H,25,29)(H,26,28)(H,27,30). The topological polar surface area (TPSA) is 87.3 Å². The second-order valence-electron chi connectivity index (χ2n) is 8.04. The molecule has 0 saturated heterocycles. The SMILES string of the molecule is CC(=O)NC(CC(=O)NC(C)c1ccc(NC(=O)C2CC2)cc1)c1ccc(C)cc1. The lowest BCUT2D eigenvalue weighted by Gasteiger charge is -2.20. The second kappa shape index (κ2) is 9.57. The maximum absolute atomic E-state index is 12.6.